The van der Waals surface area contributed by atoms with Gasteiger partial charge in [0.25, 0.3) is 5.91 Å². The fourth-order valence-electron chi connectivity index (χ4n) is 1.37. The number of aromatic nitrogens is 1. The Kier molecular flexibility index (Phi) is 2.35. The Morgan fingerprint density at radius 2 is 2.21 bits per heavy atom. The number of carbonyl (C=O) groups excluding carboxylic acids is 1. The van der Waals surface area contributed by atoms with Gasteiger partial charge < -0.3 is 10.3 Å². The summed E-state index contributed by atoms with van der Waals surface area (Å²) >= 11 is 0. The second-order valence-electron chi connectivity index (χ2n) is 3.54. The molecule has 0 radical (unpaired) electrons. The van der Waals surface area contributed by atoms with Crippen LogP contribution in [0.5, 0.6) is 0 Å². The van der Waals surface area contributed by atoms with Crippen LogP contribution in [-0.2, 0) is 0 Å². The van der Waals surface area contributed by atoms with E-state index in [1.807, 2.05) is 0 Å². The fourth-order valence-corrected chi connectivity index (χ4v) is 1.37. The lowest BCUT2D eigenvalue weighted by atomic mass is 9.93. The summed E-state index contributed by atoms with van der Waals surface area (Å²) < 4.78 is 0. The maximum atomic E-state index is 11.5. The summed E-state index contributed by atoms with van der Waals surface area (Å²) in [6, 6.07) is 3.22. The smallest absolute Gasteiger partial charge is 0.252 e. The van der Waals surface area contributed by atoms with E-state index in [9.17, 15) is 9.59 Å². The molecule has 0 atom stereocenters. The summed E-state index contributed by atoms with van der Waals surface area (Å²) in [6.45, 7) is 0. The van der Waals surface area contributed by atoms with E-state index in [0.717, 1.165) is 12.8 Å². The number of nitrogens with one attached hydrogen (secondary N) is 2. The quantitative estimate of drug-likeness (QED) is 0.723. The van der Waals surface area contributed by atoms with E-state index in [4.69, 9.17) is 0 Å². The molecule has 0 spiro atoms. The molecule has 1 aliphatic rings. The van der Waals surface area contributed by atoms with Crippen LogP contribution in [0, 0.1) is 0 Å². The molecule has 2 N–H and O–H groups in total. The predicted octanol–water partition coefficient (Wildman–Crippen LogP) is 0.657. The first kappa shape index (κ1) is 8.99. The van der Waals surface area contributed by atoms with Crippen molar-refractivity contribution in [2.75, 3.05) is 0 Å². The highest BCUT2D eigenvalue weighted by Crippen LogP contribution is 2.18. The van der Waals surface area contributed by atoms with Gasteiger partial charge in [-0.2, -0.15) is 0 Å². The Morgan fingerprint density at radius 3 is 2.71 bits per heavy atom. The molecule has 4 heteroatoms. The van der Waals surface area contributed by atoms with Crippen LogP contribution in [0.1, 0.15) is 29.6 Å². The van der Waals surface area contributed by atoms with Gasteiger partial charge in [0.15, 0.2) is 0 Å². The molecular weight excluding hydrogens is 180 g/mol. The molecule has 2 rings (SSSR count). The van der Waals surface area contributed by atoms with Gasteiger partial charge in [0.2, 0.25) is 5.56 Å². The Labute approximate surface area is 81.3 Å². The van der Waals surface area contributed by atoms with E-state index in [2.05, 4.69) is 10.3 Å². The summed E-state index contributed by atoms with van der Waals surface area (Å²) in [4.78, 5) is 24.7. The number of amides is 1. The van der Waals surface area contributed by atoms with Crippen molar-refractivity contribution in [3.05, 3.63) is 34.2 Å². The summed E-state index contributed by atoms with van der Waals surface area (Å²) in [7, 11) is 0. The molecule has 74 valence electrons. The van der Waals surface area contributed by atoms with Crippen molar-refractivity contribution in [2.24, 2.45) is 0 Å². The number of hydrogen-bond donors (Lipinski definition) is 2. The van der Waals surface area contributed by atoms with Crippen molar-refractivity contribution in [1.82, 2.24) is 10.3 Å². The fraction of sp³-hybridized carbons (Fsp3) is 0.400. The van der Waals surface area contributed by atoms with Gasteiger partial charge in [-0.15, -0.1) is 0 Å². The Bertz CT molecular complexity index is 373. The van der Waals surface area contributed by atoms with Gasteiger partial charge in [-0.25, -0.2) is 0 Å². The molecule has 14 heavy (non-hydrogen) atoms. The number of carbonyl (C=O) groups is 1. The van der Waals surface area contributed by atoms with Crippen molar-refractivity contribution in [3.63, 3.8) is 0 Å². The molecule has 4 nitrogen and oxygen atoms in total. The van der Waals surface area contributed by atoms with Crippen molar-refractivity contribution in [2.45, 2.75) is 25.3 Å². The topological polar surface area (TPSA) is 62.0 Å². The lowest BCUT2D eigenvalue weighted by Gasteiger charge is -2.26. The van der Waals surface area contributed by atoms with Crippen LogP contribution < -0.4 is 10.9 Å². The molecule has 1 fully saturated rings. The monoisotopic (exact) mass is 192 g/mol. The lowest BCUT2D eigenvalue weighted by molar-refractivity contribution is 0.0916. The first-order valence-corrected chi connectivity index (χ1v) is 4.75. The highest BCUT2D eigenvalue weighted by atomic mass is 16.2. The number of aromatic amines is 1. The van der Waals surface area contributed by atoms with Crippen molar-refractivity contribution >= 4 is 5.91 Å². The summed E-state index contributed by atoms with van der Waals surface area (Å²) in [5.74, 6) is -0.106. The van der Waals surface area contributed by atoms with Gasteiger partial charge in [-0.05, 0) is 25.3 Å². The van der Waals surface area contributed by atoms with E-state index < -0.39 is 0 Å². The number of H-pyrrole nitrogens is 1. The van der Waals surface area contributed by atoms with E-state index in [0.29, 0.717) is 11.6 Å². The number of rotatable bonds is 2. The number of hydrogen-bond acceptors (Lipinski definition) is 2. The molecular formula is C10H12N2O2. The Balaban J connectivity index is 2.03. The van der Waals surface area contributed by atoms with Crippen LogP contribution in [0.2, 0.25) is 0 Å². The largest absolute Gasteiger partial charge is 0.349 e. The third-order valence-electron chi connectivity index (χ3n) is 2.49. The molecule has 0 aromatic carbocycles. The second-order valence-corrected chi connectivity index (χ2v) is 3.54. The standard InChI is InChI=1S/C10H12N2O2/c13-9-5-4-7(6-11-9)10(14)12-8-2-1-3-8/h4-6,8H,1-3H2,(H,11,13)(H,12,14). The van der Waals surface area contributed by atoms with E-state index >= 15 is 0 Å². The highest BCUT2D eigenvalue weighted by Gasteiger charge is 2.19. The minimum Gasteiger partial charge on any atom is -0.349 e. The van der Waals surface area contributed by atoms with E-state index in [1.165, 1.54) is 24.8 Å². The van der Waals surface area contributed by atoms with Crippen LogP contribution in [0.3, 0.4) is 0 Å². The SMILES string of the molecule is O=C(NC1CCC1)c1ccc(=O)[nH]c1. The van der Waals surface area contributed by atoms with Gasteiger partial charge in [-0.3, -0.25) is 9.59 Å². The minimum atomic E-state index is -0.190. The molecule has 0 unspecified atom stereocenters. The zero-order chi connectivity index (χ0) is 9.97. The molecule has 1 amide bonds. The first-order valence-electron chi connectivity index (χ1n) is 4.75. The maximum absolute atomic E-state index is 11.5. The van der Waals surface area contributed by atoms with Crippen molar-refractivity contribution in [3.8, 4) is 0 Å². The van der Waals surface area contributed by atoms with Crippen molar-refractivity contribution < 1.29 is 4.79 Å². The summed E-state index contributed by atoms with van der Waals surface area (Å²) in [6.07, 6.45) is 4.76. The third-order valence-corrected chi connectivity index (χ3v) is 2.49. The zero-order valence-electron chi connectivity index (χ0n) is 7.75. The molecule has 0 aliphatic heterocycles. The number of pyridine rings is 1. The minimum absolute atomic E-state index is 0.106. The second kappa shape index (κ2) is 3.65. The molecule has 0 saturated heterocycles. The molecule has 1 saturated carbocycles. The first-order chi connectivity index (χ1) is 6.75. The van der Waals surface area contributed by atoms with Crippen LogP contribution in [0.15, 0.2) is 23.1 Å². The van der Waals surface area contributed by atoms with Crippen LogP contribution in [-0.4, -0.2) is 16.9 Å². The third kappa shape index (κ3) is 1.84. The molecule has 1 heterocycles. The van der Waals surface area contributed by atoms with Crippen LogP contribution in [0.25, 0.3) is 0 Å². The van der Waals surface area contributed by atoms with Crippen LogP contribution in [0.4, 0.5) is 0 Å². The Morgan fingerprint density at radius 1 is 1.43 bits per heavy atom. The summed E-state index contributed by atoms with van der Waals surface area (Å²) in [5.41, 5.74) is 0.321. The van der Waals surface area contributed by atoms with Crippen LogP contribution >= 0.6 is 0 Å². The molecule has 0 bridgehead atoms. The van der Waals surface area contributed by atoms with E-state index in [1.54, 1.807) is 0 Å². The normalized spacial score (nSPS) is 16.0. The van der Waals surface area contributed by atoms with Gasteiger partial charge in [0.05, 0.1) is 5.56 Å². The predicted molar refractivity (Wildman–Crippen MR) is 52.2 cm³/mol. The van der Waals surface area contributed by atoms with Gasteiger partial charge in [-0.1, -0.05) is 0 Å². The molecule has 1 aromatic rings. The Hall–Kier alpha value is -1.58. The van der Waals surface area contributed by atoms with E-state index in [-0.39, 0.29) is 11.5 Å². The molecule has 1 aromatic heterocycles. The summed E-state index contributed by atoms with van der Waals surface area (Å²) in [5, 5.41) is 2.89. The zero-order valence-corrected chi connectivity index (χ0v) is 7.75. The highest BCUT2D eigenvalue weighted by molar-refractivity contribution is 5.94. The molecule has 1 aliphatic carbocycles. The average molecular weight is 192 g/mol. The van der Waals surface area contributed by atoms with Gasteiger partial charge in [0.1, 0.15) is 0 Å². The van der Waals surface area contributed by atoms with Gasteiger partial charge in [0, 0.05) is 18.3 Å². The lowest BCUT2D eigenvalue weighted by Crippen LogP contribution is -2.39. The maximum Gasteiger partial charge on any atom is 0.252 e. The average Bonchev–Trinajstić information content (AvgIpc) is 2.12. The van der Waals surface area contributed by atoms with Gasteiger partial charge >= 0.3 is 0 Å². The van der Waals surface area contributed by atoms with Crippen molar-refractivity contribution in [1.29, 1.82) is 0 Å².